The van der Waals surface area contributed by atoms with Gasteiger partial charge in [-0.1, -0.05) is 58.2 Å². The third-order valence-corrected chi connectivity index (χ3v) is 6.80. The van der Waals surface area contributed by atoms with E-state index in [9.17, 15) is 14.0 Å². The number of rotatable bonds is 6. The van der Waals surface area contributed by atoms with Crippen molar-refractivity contribution in [1.82, 2.24) is 0 Å². The van der Waals surface area contributed by atoms with E-state index in [1.54, 1.807) is 18.2 Å². The maximum absolute atomic E-state index is 14.4. The van der Waals surface area contributed by atoms with Crippen LogP contribution in [0.1, 0.15) is 71.3 Å². The Morgan fingerprint density at radius 3 is 2.52 bits per heavy atom. The molecule has 4 nitrogen and oxygen atoms in total. The summed E-state index contributed by atoms with van der Waals surface area (Å²) in [4.78, 5) is 25.4. The molecule has 29 heavy (non-hydrogen) atoms. The summed E-state index contributed by atoms with van der Waals surface area (Å²) >= 11 is 0. The Kier molecular flexibility index (Phi) is 6.97. The highest BCUT2D eigenvalue weighted by Crippen LogP contribution is 2.43. The van der Waals surface area contributed by atoms with Crippen LogP contribution in [0.5, 0.6) is 0 Å². The van der Waals surface area contributed by atoms with Gasteiger partial charge in [-0.15, -0.1) is 0 Å². The summed E-state index contributed by atoms with van der Waals surface area (Å²) in [7, 11) is 0. The van der Waals surface area contributed by atoms with Gasteiger partial charge in [0.2, 0.25) is 0 Å². The predicted molar refractivity (Wildman–Crippen MR) is 109 cm³/mol. The Labute approximate surface area is 173 Å². The molecule has 0 spiro atoms. The van der Waals surface area contributed by atoms with Crippen LogP contribution in [0.15, 0.2) is 24.3 Å². The minimum atomic E-state index is -0.995. The molecule has 2 aliphatic rings. The van der Waals surface area contributed by atoms with E-state index >= 15 is 0 Å². The Hall–Kier alpha value is -1.91. The Morgan fingerprint density at radius 1 is 1.17 bits per heavy atom. The summed E-state index contributed by atoms with van der Waals surface area (Å²) in [5.41, 5.74) is -0.623. The van der Waals surface area contributed by atoms with Crippen LogP contribution in [0.4, 0.5) is 4.39 Å². The SMILES string of the molecule is CC(C)[C@H]1CC[C@@H](C)C[C@@H]1OC(=O)COC(=O)C1(c2ccccc2F)CCCC1. The molecule has 2 fully saturated rings. The highest BCUT2D eigenvalue weighted by molar-refractivity contribution is 5.85. The summed E-state index contributed by atoms with van der Waals surface area (Å²) in [5.74, 6) is -0.131. The minimum absolute atomic E-state index is 0.128. The molecule has 5 heteroatoms. The van der Waals surface area contributed by atoms with Gasteiger partial charge >= 0.3 is 11.9 Å². The Balaban J connectivity index is 1.63. The zero-order valence-electron chi connectivity index (χ0n) is 17.8. The fourth-order valence-electron chi connectivity index (χ4n) is 5.13. The first-order chi connectivity index (χ1) is 13.8. The van der Waals surface area contributed by atoms with Gasteiger partial charge in [0.1, 0.15) is 11.9 Å². The number of esters is 2. The lowest BCUT2D eigenvalue weighted by Crippen LogP contribution is -2.39. The molecule has 3 atom stereocenters. The zero-order chi connectivity index (χ0) is 21.0. The van der Waals surface area contributed by atoms with Crippen molar-refractivity contribution in [2.75, 3.05) is 6.61 Å². The van der Waals surface area contributed by atoms with Gasteiger partial charge in [0.25, 0.3) is 0 Å². The maximum atomic E-state index is 14.4. The van der Waals surface area contributed by atoms with Crippen LogP contribution < -0.4 is 0 Å². The number of hydrogen-bond donors (Lipinski definition) is 0. The van der Waals surface area contributed by atoms with Gasteiger partial charge in [-0.25, -0.2) is 9.18 Å². The number of benzene rings is 1. The van der Waals surface area contributed by atoms with Crippen LogP contribution >= 0.6 is 0 Å². The summed E-state index contributed by atoms with van der Waals surface area (Å²) in [5, 5.41) is 0. The first-order valence-electron chi connectivity index (χ1n) is 10.9. The Morgan fingerprint density at radius 2 is 1.86 bits per heavy atom. The second-order valence-electron chi connectivity index (χ2n) is 9.20. The summed E-state index contributed by atoms with van der Waals surface area (Å²) in [6.45, 7) is 6.07. The quantitative estimate of drug-likeness (QED) is 0.613. The molecule has 2 aliphatic carbocycles. The van der Waals surface area contributed by atoms with E-state index in [0.717, 1.165) is 32.1 Å². The van der Waals surface area contributed by atoms with Crippen molar-refractivity contribution in [2.24, 2.45) is 17.8 Å². The van der Waals surface area contributed by atoms with Gasteiger partial charge in [-0.05, 0) is 49.5 Å². The lowest BCUT2D eigenvalue weighted by atomic mass is 9.75. The van der Waals surface area contributed by atoms with Gasteiger partial charge in [0, 0.05) is 5.56 Å². The summed E-state index contributed by atoms with van der Waals surface area (Å²) in [6.07, 6.45) is 5.67. The van der Waals surface area contributed by atoms with Crippen LogP contribution in [0.25, 0.3) is 0 Å². The molecule has 160 valence electrons. The average molecular weight is 405 g/mol. The minimum Gasteiger partial charge on any atom is -0.460 e. The molecule has 0 aliphatic heterocycles. The van der Waals surface area contributed by atoms with E-state index in [1.807, 2.05) is 0 Å². The summed E-state index contributed by atoms with van der Waals surface area (Å²) < 4.78 is 25.5. The van der Waals surface area contributed by atoms with Gasteiger partial charge in [-0.3, -0.25) is 4.79 Å². The van der Waals surface area contributed by atoms with E-state index in [2.05, 4.69) is 20.8 Å². The third kappa shape index (κ3) is 4.81. The first-order valence-corrected chi connectivity index (χ1v) is 10.9. The first kappa shape index (κ1) is 21.8. The highest BCUT2D eigenvalue weighted by Gasteiger charge is 2.46. The van der Waals surface area contributed by atoms with Gasteiger partial charge < -0.3 is 9.47 Å². The van der Waals surface area contributed by atoms with Crippen molar-refractivity contribution < 1.29 is 23.5 Å². The van der Waals surface area contributed by atoms with Gasteiger partial charge in [0.15, 0.2) is 6.61 Å². The molecule has 0 radical (unpaired) electrons. The molecule has 2 saturated carbocycles. The molecule has 0 saturated heterocycles. The highest BCUT2D eigenvalue weighted by atomic mass is 19.1. The number of carbonyl (C=O) groups is 2. The van der Waals surface area contributed by atoms with E-state index in [-0.39, 0.29) is 6.10 Å². The molecular formula is C24H33FO4. The van der Waals surface area contributed by atoms with Crippen molar-refractivity contribution in [3.8, 4) is 0 Å². The second-order valence-corrected chi connectivity index (χ2v) is 9.20. The van der Waals surface area contributed by atoms with Gasteiger partial charge in [0.05, 0.1) is 5.41 Å². The molecule has 0 N–H and O–H groups in total. The van der Waals surface area contributed by atoms with E-state index in [4.69, 9.17) is 9.47 Å². The Bertz CT molecular complexity index is 723. The van der Waals surface area contributed by atoms with Crippen LogP contribution in [0, 0.1) is 23.6 Å². The van der Waals surface area contributed by atoms with Crippen LogP contribution in [0.2, 0.25) is 0 Å². The largest absolute Gasteiger partial charge is 0.460 e. The summed E-state index contributed by atoms with van der Waals surface area (Å²) in [6, 6.07) is 6.36. The lowest BCUT2D eigenvalue weighted by Gasteiger charge is -2.36. The van der Waals surface area contributed by atoms with Crippen molar-refractivity contribution in [2.45, 2.75) is 77.2 Å². The number of carbonyl (C=O) groups excluding carboxylic acids is 2. The van der Waals surface area contributed by atoms with Crippen LogP contribution in [-0.2, 0) is 24.5 Å². The van der Waals surface area contributed by atoms with Crippen molar-refractivity contribution in [3.05, 3.63) is 35.6 Å². The lowest BCUT2D eigenvalue weighted by molar-refractivity contribution is -0.169. The maximum Gasteiger partial charge on any atom is 0.344 e. The molecule has 1 aromatic carbocycles. The average Bonchev–Trinajstić information content (AvgIpc) is 3.17. The molecule has 0 aromatic heterocycles. The van der Waals surface area contributed by atoms with Gasteiger partial charge in [-0.2, -0.15) is 0 Å². The third-order valence-electron chi connectivity index (χ3n) is 6.80. The molecule has 0 heterocycles. The number of hydrogen-bond acceptors (Lipinski definition) is 4. The number of ether oxygens (including phenoxy) is 2. The van der Waals surface area contributed by atoms with E-state index < -0.39 is 29.8 Å². The smallest absolute Gasteiger partial charge is 0.344 e. The normalized spacial score (nSPS) is 26.3. The topological polar surface area (TPSA) is 52.6 Å². The monoisotopic (exact) mass is 404 g/mol. The molecule has 0 unspecified atom stereocenters. The van der Waals surface area contributed by atoms with Crippen molar-refractivity contribution in [3.63, 3.8) is 0 Å². The standard InChI is InChI=1S/C24H33FO4/c1-16(2)18-11-10-17(3)14-21(18)29-22(26)15-28-23(27)24(12-6-7-13-24)19-8-4-5-9-20(19)25/h4-5,8-9,16-18,21H,6-7,10-15H2,1-3H3/t17-,18-,21+/m1/s1. The van der Waals surface area contributed by atoms with Crippen LogP contribution in [0.3, 0.4) is 0 Å². The fraction of sp³-hybridized carbons (Fsp3) is 0.667. The molecule has 0 bridgehead atoms. The van der Waals surface area contributed by atoms with Crippen molar-refractivity contribution in [1.29, 1.82) is 0 Å². The van der Waals surface area contributed by atoms with Crippen molar-refractivity contribution >= 4 is 11.9 Å². The molecular weight excluding hydrogens is 371 g/mol. The zero-order valence-corrected chi connectivity index (χ0v) is 17.8. The second kappa shape index (κ2) is 9.27. The molecule has 1 aromatic rings. The number of halogens is 1. The predicted octanol–water partition coefficient (Wildman–Crippen LogP) is 5.18. The molecule has 0 amide bonds. The van der Waals surface area contributed by atoms with E-state index in [0.29, 0.717) is 36.2 Å². The van der Waals surface area contributed by atoms with Crippen LogP contribution in [-0.4, -0.2) is 24.6 Å². The molecule has 3 rings (SSSR count). The van der Waals surface area contributed by atoms with E-state index in [1.165, 1.54) is 6.07 Å². The fourth-order valence-corrected chi connectivity index (χ4v) is 5.13.